The molecule has 7 aromatic rings. The molecule has 0 saturated carbocycles. The van der Waals surface area contributed by atoms with Crippen LogP contribution in [0.3, 0.4) is 0 Å². The zero-order valence-electron chi connectivity index (χ0n) is 23.5. The second kappa shape index (κ2) is 10.4. The van der Waals surface area contributed by atoms with Gasteiger partial charge in [-0.2, -0.15) is 4.67 Å². The Morgan fingerprint density at radius 1 is 0.667 bits per heavy atom. The van der Waals surface area contributed by atoms with E-state index in [-0.39, 0.29) is 6.04 Å². The van der Waals surface area contributed by atoms with Crippen LogP contribution in [0.25, 0.3) is 43.5 Å². The molecule has 0 fully saturated rings. The number of thioether (sulfide) groups is 1. The van der Waals surface area contributed by atoms with Crippen LogP contribution < -0.4 is 4.67 Å². The Morgan fingerprint density at radius 2 is 1.24 bits per heavy atom. The average molecular weight is 584 g/mol. The van der Waals surface area contributed by atoms with Crippen molar-refractivity contribution in [3.05, 3.63) is 138 Å². The summed E-state index contributed by atoms with van der Waals surface area (Å²) in [6.45, 7) is 2.14. The van der Waals surface area contributed by atoms with Gasteiger partial charge in [0.1, 0.15) is 11.2 Å². The lowest BCUT2D eigenvalue weighted by Gasteiger charge is -2.27. The summed E-state index contributed by atoms with van der Waals surface area (Å²) in [5.41, 5.74) is 5.79. The second-order valence-electron chi connectivity index (χ2n) is 11.1. The molecule has 2 atom stereocenters. The first kappa shape index (κ1) is 25.7. The van der Waals surface area contributed by atoms with Gasteiger partial charge in [-0.1, -0.05) is 103 Å². The highest BCUT2D eigenvalue weighted by molar-refractivity contribution is 8.00. The lowest BCUT2D eigenvalue weighted by Crippen LogP contribution is -2.27. The SMILES string of the molecule is Cc1ccc(S[C@@H]2Cc3ccccc3[C@H]2N(C)p2oc3ccc4ccccc4c3c3c(ccc4ccccc43)o2)cc1. The first-order valence-corrected chi connectivity index (χ1v) is 16.4. The van der Waals surface area contributed by atoms with Gasteiger partial charge in [0.25, 0.3) is 0 Å². The standard InChI is InChI=1S/C37H30NO2PS/c1-24-15-19-28(20-16-24)42-34-23-27-11-5-8-14-31(27)37(34)38(2)41-39-32-21-17-25-9-3-6-12-29(25)35(32)36-30-13-7-4-10-26(30)18-22-33(36)40-41/h3-22,34,37H,23H2,1-2H3/t34-,37-/m1/s1. The molecular weight excluding hydrogens is 553 g/mol. The molecule has 0 spiro atoms. The van der Waals surface area contributed by atoms with Gasteiger partial charge in [0, 0.05) is 28.0 Å². The average Bonchev–Trinajstić information content (AvgIpc) is 3.28. The monoisotopic (exact) mass is 583 g/mol. The van der Waals surface area contributed by atoms with Crippen molar-refractivity contribution in [3.63, 3.8) is 0 Å². The van der Waals surface area contributed by atoms with Gasteiger partial charge in [-0.05, 0) is 70.3 Å². The third-order valence-corrected chi connectivity index (χ3v) is 11.2. The highest BCUT2D eigenvalue weighted by atomic mass is 32.2. The van der Waals surface area contributed by atoms with Gasteiger partial charge in [0.15, 0.2) is 0 Å². The normalized spacial score (nSPS) is 16.5. The fourth-order valence-corrected chi connectivity index (χ4v) is 9.34. The van der Waals surface area contributed by atoms with E-state index in [0.29, 0.717) is 5.25 Å². The Balaban J connectivity index is 1.36. The van der Waals surface area contributed by atoms with Crippen LogP contribution in [-0.4, -0.2) is 12.3 Å². The lowest BCUT2D eigenvalue weighted by atomic mass is 9.99. The highest BCUT2D eigenvalue weighted by Crippen LogP contribution is 2.50. The summed E-state index contributed by atoms with van der Waals surface area (Å²) in [7, 11) is 0.709. The molecular formula is C37H30NO2PS. The molecule has 1 aliphatic carbocycles. The van der Waals surface area contributed by atoms with Crippen molar-refractivity contribution in [2.75, 3.05) is 11.7 Å². The third-order valence-electron chi connectivity index (χ3n) is 8.50. The number of rotatable bonds is 4. The summed E-state index contributed by atoms with van der Waals surface area (Å²) in [4.78, 5) is 1.29. The molecule has 0 aliphatic heterocycles. The van der Waals surface area contributed by atoms with Crippen LogP contribution in [-0.2, 0) is 6.42 Å². The number of nitrogens with zero attached hydrogens (tertiary/aromatic N) is 1. The van der Waals surface area contributed by atoms with Crippen LogP contribution in [0.1, 0.15) is 22.7 Å². The molecule has 0 radical (unpaired) electrons. The van der Waals surface area contributed by atoms with Crippen molar-refractivity contribution in [1.29, 1.82) is 0 Å². The number of hydrogen-bond acceptors (Lipinski definition) is 4. The van der Waals surface area contributed by atoms with Crippen LogP contribution in [0.2, 0.25) is 0 Å². The molecule has 0 unspecified atom stereocenters. The Bertz CT molecular complexity index is 2060. The van der Waals surface area contributed by atoms with Crippen LogP contribution in [0.5, 0.6) is 0 Å². The number of fused-ring (bicyclic) bond motifs is 8. The van der Waals surface area contributed by atoms with Gasteiger partial charge in [0.05, 0.1) is 6.04 Å². The predicted molar refractivity (Wildman–Crippen MR) is 179 cm³/mol. The first-order valence-electron chi connectivity index (χ1n) is 14.4. The molecule has 0 saturated heterocycles. The maximum Gasteiger partial charge on any atom is 0.310 e. The molecule has 8 rings (SSSR count). The maximum atomic E-state index is 6.96. The van der Waals surface area contributed by atoms with E-state index in [9.17, 15) is 0 Å². The van der Waals surface area contributed by atoms with Crippen LogP contribution in [0.15, 0.2) is 135 Å². The van der Waals surface area contributed by atoms with Gasteiger partial charge in [-0.3, -0.25) is 0 Å². The predicted octanol–water partition coefficient (Wildman–Crippen LogP) is 10.9. The van der Waals surface area contributed by atoms with E-state index in [1.165, 1.54) is 43.1 Å². The van der Waals surface area contributed by atoms with Gasteiger partial charge in [0.2, 0.25) is 0 Å². The van der Waals surface area contributed by atoms with Gasteiger partial charge >= 0.3 is 8.16 Å². The number of hydrogen-bond donors (Lipinski definition) is 0. The van der Waals surface area contributed by atoms with Crippen molar-refractivity contribution in [2.45, 2.75) is 29.5 Å². The summed E-state index contributed by atoms with van der Waals surface area (Å²) < 4.78 is 16.3. The molecule has 5 heteroatoms. The molecule has 1 aliphatic rings. The summed E-state index contributed by atoms with van der Waals surface area (Å²) in [6.07, 6.45) is 1.01. The van der Waals surface area contributed by atoms with Crippen molar-refractivity contribution >= 4 is 63.4 Å². The van der Waals surface area contributed by atoms with E-state index < -0.39 is 8.16 Å². The number of benzene rings is 6. The Labute approximate surface area is 250 Å². The van der Waals surface area contributed by atoms with Crippen LogP contribution >= 0.6 is 19.9 Å². The van der Waals surface area contributed by atoms with E-state index in [4.69, 9.17) is 8.39 Å². The Kier molecular flexibility index (Phi) is 6.37. The summed E-state index contributed by atoms with van der Waals surface area (Å²) in [5.74, 6) is 0. The Hall–Kier alpha value is -3.95. The van der Waals surface area contributed by atoms with Crippen molar-refractivity contribution in [1.82, 2.24) is 0 Å². The van der Waals surface area contributed by atoms with Crippen molar-refractivity contribution in [2.24, 2.45) is 0 Å². The second-order valence-corrected chi connectivity index (χ2v) is 13.9. The zero-order chi connectivity index (χ0) is 28.2. The third kappa shape index (κ3) is 4.34. The lowest BCUT2D eigenvalue weighted by molar-refractivity contribution is 0.602. The zero-order valence-corrected chi connectivity index (χ0v) is 25.2. The minimum atomic E-state index is -1.47. The molecule has 206 valence electrons. The highest BCUT2D eigenvalue weighted by Gasteiger charge is 2.38. The minimum absolute atomic E-state index is 0.143. The molecule has 1 heterocycles. The van der Waals surface area contributed by atoms with E-state index in [1.54, 1.807) is 0 Å². The maximum absolute atomic E-state index is 6.96. The molecule has 1 aromatic heterocycles. The van der Waals surface area contributed by atoms with Gasteiger partial charge < -0.3 is 8.39 Å². The summed E-state index contributed by atoms with van der Waals surface area (Å²) in [6, 6.07) is 43.6. The topological polar surface area (TPSA) is 29.5 Å². The quantitative estimate of drug-likeness (QED) is 0.206. The molecule has 3 nitrogen and oxygen atoms in total. The van der Waals surface area contributed by atoms with E-state index in [1.807, 2.05) is 11.8 Å². The first-order chi connectivity index (χ1) is 20.6. The van der Waals surface area contributed by atoms with Crippen molar-refractivity contribution in [3.8, 4) is 0 Å². The molecule has 42 heavy (non-hydrogen) atoms. The fourth-order valence-electron chi connectivity index (χ4n) is 6.47. The minimum Gasteiger partial charge on any atom is -0.408 e. The van der Waals surface area contributed by atoms with E-state index >= 15 is 0 Å². The molecule has 0 amide bonds. The van der Waals surface area contributed by atoms with Crippen LogP contribution in [0.4, 0.5) is 0 Å². The molecule has 0 bridgehead atoms. The van der Waals surface area contributed by atoms with Gasteiger partial charge in [-0.15, -0.1) is 11.8 Å². The van der Waals surface area contributed by atoms with E-state index in [2.05, 4.69) is 140 Å². The molecule has 6 aromatic carbocycles. The summed E-state index contributed by atoms with van der Waals surface area (Å²) in [5, 5.41) is 7.28. The Morgan fingerprint density at radius 3 is 1.88 bits per heavy atom. The number of aryl methyl sites for hydroxylation is 1. The summed E-state index contributed by atoms with van der Waals surface area (Å²) >= 11 is 1.95. The smallest absolute Gasteiger partial charge is 0.310 e. The fraction of sp³-hybridized carbons (Fsp3) is 0.135. The van der Waals surface area contributed by atoms with Crippen molar-refractivity contribution < 1.29 is 8.39 Å². The van der Waals surface area contributed by atoms with Crippen LogP contribution in [0, 0.1) is 6.92 Å². The van der Waals surface area contributed by atoms with Gasteiger partial charge in [-0.25, -0.2) is 0 Å². The molecule has 0 N–H and O–H groups in total. The van der Waals surface area contributed by atoms with E-state index in [0.717, 1.165) is 28.4 Å². The largest absolute Gasteiger partial charge is 0.408 e.